The molecular formula is C19H18N2O3. The van der Waals surface area contributed by atoms with Crippen LogP contribution < -0.4 is 10.1 Å². The number of rotatable bonds is 5. The first-order chi connectivity index (χ1) is 11.7. The molecule has 1 aromatic heterocycles. The normalized spacial score (nSPS) is 10.4. The number of hydrogen-bond donors (Lipinski definition) is 1. The molecule has 1 amide bonds. The molecule has 0 fully saturated rings. The molecule has 0 saturated carbocycles. The summed E-state index contributed by atoms with van der Waals surface area (Å²) in [6.45, 7) is 2.22. The van der Waals surface area contributed by atoms with Crippen LogP contribution in [-0.4, -0.2) is 17.6 Å². The zero-order valence-corrected chi connectivity index (χ0v) is 13.4. The number of nitrogens with zero attached hydrogens (tertiary/aromatic N) is 1. The van der Waals surface area contributed by atoms with Crippen LogP contribution in [0.2, 0.25) is 0 Å². The second kappa shape index (κ2) is 7.46. The number of carbonyl (C=O) groups is 1. The highest BCUT2D eigenvalue weighted by Crippen LogP contribution is 2.23. The fourth-order valence-electron chi connectivity index (χ4n) is 2.37. The van der Waals surface area contributed by atoms with E-state index in [0.29, 0.717) is 24.6 Å². The van der Waals surface area contributed by atoms with E-state index in [0.717, 1.165) is 17.0 Å². The minimum Gasteiger partial charge on any atom is -0.445 e. The summed E-state index contributed by atoms with van der Waals surface area (Å²) in [4.78, 5) is 16.2. The van der Waals surface area contributed by atoms with Crippen LogP contribution in [-0.2, 0) is 6.42 Å². The highest BCUT2D eigenvalue weighted by atomic mass is 16.6. The van der Waals surface area contributed by atoms with E-state index in [2.05, 4.69) is 10.3 Å². The van der Waals surface area contributed by atoms with E-state index in [1.54, 1.807) is 12.1 Å². The standard InChI is InChI=1S/C19H18N2O3/c1-14-21-18(15-8-4-2-5-9-15)17(23-14)12-13-20-19(22)24-16-10-6-3-7-11-16/h2-11H,12-13H2,1H3,(H,20,22). The van der Waals surface area contributed by atoms with Gasteiger partial charge in [0.05, 0.1) is 0 Å². The van der Waals surface area contributed by atoms with Crippen molar-refractivity contribution in [2.75, 3.05) is 6.54 Å². The van der Waals surface area contributed by atoms with Gasteiger partial charge >= 0.3 is 6.09 Å². The minimum absolute atomic E-state index is 0.403. The van der Waals surface area contributed by atoms with Crippen molar-refractivity contribution in [2.24, 2.45) is 0 Å². The third-order valence-corrected chi connectivity index (χ3v) is 3.43. The topological polar surface area (TPSA) is 64.4 Å². The van der Waals surface area contributed by atoms with Crippen LogP contribution in [0.3, 0.4) is 0 Å². The van der Waals surface area contributed by atoms with E-state index < -0.39 is 6.09 Å². The van der Waals surface area contributed by atoms with E-state index in [1.165, 1.54) is 0 Å². The quantitative estimate of drug-likeness (QED) is 0.771. The number of aryl methyl sites for hydroxylation is 1. The lowest BCUT2D eigenvalue weighted by atomic mass is 10.1. The zero-order chi connectivity index (χ0) is 16.8. The van der Waals surface area contributed by atoms with Crippen molar-refractivity contribution in [1.82, 2.24) is 10.3 Å². The van der Waals surface area contributed by atoms with Gasteiger partial charge in [-0.1, -0.05) is 48.5 Å². The molecule has 3 rings (SSSR count). The zero-order valence-electron chi connectivity index (χ0n) is 13.4. The van der Waals surface area contributed by atoms with Gasteiger partial charge in [0.25, 0.3) is 0 Å². The van der Waals surface area contributed by atoms with E-state index in [9.17, 15) is 4.79 Å². The molecule has 2 aromatic carbocycles. The number of nitrogens with one attached hydrogen (secondary N) is 1. The number of para-hydroxylation sites is 1. The molecule has 1 N–H and O–H groups in total. The Hall–Kier alpha value is -3.08. The number of aromatic nitrogens is 1. The molecular weight excluding hydrogens is 304 g/mol. The Labute approximate surface area is 140 Å². The number of hydrogen-bond acceptors (Lipinski definition) is 4. The number of ether oxygens (including phenoxy) is 1. The van der Waals surface area contributed by atoms with Crippen molar-refractivity contribution in [1.29, 1.82) is 0 Å². The van der Waals surface area contributed by atoms with Crippen LogP contribution >= 0.6 is 0 Å². The van der Waals surface area contributed by atoms with Crippen LogP contribution in [0.15, 0.2) is 65.1 Å². The van der Waals surface area contributed by atoms with Gasteiger partial charge in [-0.2, -0.15) is 0 Å². The predicted molar refractivity (Wildman–Crippen MR) is 90.8 cm³/mol. The third kappa shape index (κ3) is 4.01. The minimum atomic E-state index is -0.487. The molecule has 0 saturated heterocycles. The van der Waals surface area contributed by atoms with Crippen molar-refractivity contribution in [3.63, 3.8) is 0 Å². The highest BCUT2D eigenvalue weighted by Gasteiger charge is 2.13. The van der Waals surface area contributed by atoms with Crippen LogP contribution in [0.25, 0.3) is 11.3 Å². The first kappa shape index (κ1) is 15.8. The lowest BCUT2D eigenvalue weighted by Crippen LogP contribution is -2.28. The Morgan fingerprint density at radius 1 is 1.08 bits per heavy atom. The van der Waals surface area contributed by atoms with Gasteiger partial charge in [0.15, 0.2) is 5.89 Å². The van der Waals surface area contributed by atoms with Gasteiger partial charge in [-0.15, -0.1) is 0 Å². The van der Waals surface area contributed by atoms with Gasteiger partial charge < -0.3 is 14.5 Å². The molecule has 0 aliphatic rings. The lowest BCUT2D eigenvalue weighted by molar-refractivity contribution is 0.200. The molecule has 122 valence electrons. The van der Waals surface area contributed by atoms with Crippen molar-refractivity contribution in [3.05, 3.63) is 72.3 Å². The molecule has 0 aliphatic heterocycles. The summed E-state index contributed by atoms with van der Waals surface area (Å²) in [6.07, 6.45) is 0.0493. The SMILES string of the molecule is Cc1nc(-c2ccccc2)c(CCNC(=O)Oc2ccccc2)o1. The molecule has 0 unspecified atom stereocenters. The van der Waals surface area contributed by atoms with Crippen LogP contribution in [0.5, 0.6) is 5.75 Å². The molecule has 0 atom stereocenters. The fourth-order valence-corrected chi connectivity index (χ4v) is 2.37. The predicted octanol–water partition coefficient (Wildman–Crippen LogP) is 3.98. The Morgan fingerprint density at radius 3 is 2.46 bits per heavy atom. The Kier molecular flexibility index (Phi) is 4.91. The van der Waals surface area contributed by atoms with Gasteiger partial charge in [0, 0.05) is 25.5 Å². The lowest BCUT2D eigenvalue weighted by Gasteiger charge is -2.06. The molecule has 0 aliphatic carbocycles. The summed E-state index contributed by atoms with van der Waals surface area (Å²) in [5, 5.41) is 2.72. The molecule has 3 aromatic rings. The van der Waals surface area contributed by atoms with Crippen molar-refractivity contribution in [3.8, 4) is 17.0 Å². The molecule has 0 spiro atoms. The summed E-state index contributed by atoms with van der Waals surface area (Å²) in [7, 11) is 0. The maximum atomic E-state index is 11.8. The first-order valence-electron chi connectivity index (χ1n) is 7.75. The number of benzene rings is 2. The van der Waals surface area contributed by atoms with E-state index in [-0.39, 0.29) is 0 Å². The molecule has 24 heavy (non-hydrogen) atoms. The van der Waals surface area contributed by atoms with E-state index in [1.807, 2.05) is 55.5 Å². The summed E-state index contributed by atoms with van der Waals surface area (Å²) >= 11 is 0. The largest absolute Gasteiger partial charge is 0.445 e. The maximum Gasteiger partial charge on any atom is 0.412 e. The van der Waals surface area contributed by atoms with Gasteiger partial charge in [0.1, 0.15) is 17.2 Å². The maximum absolute atomic E-state index is 11.8. The van der Waals surface area contributed by atoms with Gasteiger partial charge in [-0.25, -0.2) is 9.78 Å². The second-order valence-electron chi connectivity index (χ2n) is 5.25. The summed E-state index contributed by atoms with van der Waals surface area (Å²) in [5.74, 6) is 1.87. The van der Waals surface area contributed by atoms with E-state index in [4.69, 9.17) is 9.15 Å². The summed E-state index contributed by atoms with van der Waals surface area (Å²) in [6, 6.07) is 18.8. The number of oxazole rings is 1. The molecule has 0 bridgehead atoms. The molecule has 5 heteroatoms. The Morgan fingerprint density at radius 2 is 1.75 bits per heavy atom. The highest BCUT2D eigenvalue weighted by molar-refractivity contribution is 5.70. The van der Waals surface area contributed by atoms with Crippen LogP contribution in [0, 0.1) is 6.92 Å². The first-order valence-corrected chi connectivity index (χ1v) is 7.75. The molecule has 0 radical (unpaired) electrons. The van der Waals surface area contributed by atoms with Crippen molar-refractivity contribution < 1.29 is 13.9 Å². The van der Waals surface area contributed by atoms with Crippen molar-refractivity contribution >= 4 is 6.09 Å². The monoisotopic (exact) mass is 322 g/mol. The average Bonchev–Trinajstić information content (AvgIpc) is 2.97. The summed E-state index contributed by atoms with van der Waals surface area (Å²) in [5.41, 5.74) is 1.81. The Bertz CT molecular complexity index is 798. The third-order valence-electron chi connectivity index (χ3n) is 3.43. The van der Waals surface area contributed by atoms with Gasteiger partial charge in [-0.3, -0.25) is 0 Å². The molecule has 5 nitrogen and oxygen atoms in total. The second-order valence-corrected chi connectivity index (χ2v) is 5.25. The van der Waals surface area contributed by atoms with Crippen LogP contribution in [0.4, 0.5) is 4.79 Å². The van der Waals surface area contributed by atoms with E-state index >= 15 is 0 Å². The smallest absolute Gasteiger partial charge is 0.412 e. The Balaban J connectivity index is 1.58. The van der Waals surface area contributed by atoms with Crippen molar-refractivity contribution in [2.45, 2.75) is 13.3 Å². The number of carbonyl (C=O) groups excluding carboxylic acids is 1. The average molecular weight is 322 g/mol. The number of amides is 1. The van der Waals surface area contributed by atoms with Gasteiger partial charge in [0.2, 0.25) is 0 Å². The van der Waals surface area contributed by atoms with Crippen LogP contribution in [0.1, 0.15) is 11.7 Å². The summed E-state index contributed by atoms with van der Waals surface area (Å²) < 4.78 is 10.8. The van der Waals surface area contributed by atoms with Gasteiger partial charge in [-0.05, 0) is 12.1 Å². The fraction of sp³-hybridized carbons (Fsp3) is 0.158. The molecule has 1 heterocycles.